The van der Waals surface area contributed by atoms with Crippen molar-refractivity contribution in [3.63, 3.8) is 0 Å². The lowest BCUT2D eigenvalue weighted by Crippen LogP contribution is -2.30. The van der Waals surface area contributed by atoms with Gasteiger partial charge in [-0.25, -0.2) is 8.42 Å². The predicted octanol–water partition coefficient (Wildman–Crippen LogP) is 4.03. The van der Waals surface area contributed by atoms with Gasteiger partial charge in [0.15, 0.2) is 0 Å². The van der Waals surface area contributed by atoms with Gasteiger partial charge in [0.25, 0.3) is 0 Å². The van der Waals surface area contributed by atoms with Crippen molar-refractivity contribution in [2.75, 3.05) is 25.5 Å². The van der Waals surface area contributed by atoms with Crippen LogP contribution >= 0.6 is 11.6 Å². The van der Waals surface area contributed by atoms with Crippen molar-refractivity contribution in [3.05, 3.63) is 59.1 Å². The van der Waals surface area contributed by atoms with Crippen molar-refractivity contribution in [2.45, 2.75) is 18.7 Å². The third-order valence-electron chi connectivity index (χ3n) is 4.07. The second kappa shape index (κ2) is 9.73. The molecule has 0 heterocycles. The topological polar surface area (TPSA) is 75.7 Å². The van der Waals surface area contributed by atoms with Gasteiger partial charge in [-0.1, -0.05) is 37.6 Å². The second-order valence-electron chi connectivity index (χ2n) is 5.83. The van der Waals surface area contributed by atoms with E-state index in [-0.39, 0.29) is 10.8 Å². The number of amides is 1. The van der Waals surface area contributed by atoms with E-state index in [0.29, 0.717) is 35.1 Å². The first-order chi connectivity index (χ1) is 13.3. The summed E-state index contributed by atoms with van der Waals surface area (Å²) in [6.45, 7) is 4.42. The van der Waals surface area contributed by atoms with Crippen LogP contribution in [0.2, 0.25) is 5.02 Å². The van der Waals surface area contributed by atoms with Crippen LogP contribution in [0.3, 0.4) is 0 Å². The third kappa shape index (κ3) is 5.34. The summed E-state index contributed by atoms with van der Waals surface area (Å²) < 4.78 is 31.4. The molecule has 0 spiro atoms. The van der Waals surface area contributed by atoms with Crippen LogP contribution < -0.4 is 10.1 Å². The minimum absolute atomic E-state index is 0.227. The fraction of sp³-hybridized carbons (Fsp3) is 0.250. The van der Waals surface area contributed by atoms with E-state index >= 15 is 0 Å². The van der Waals surface area contributed by atoms with E-state index in [4.69, 9.17) is 16.3 Å². The maximum Gasteiger partial charge on any atom is 0.248 e. The minimum atomic E-state index is -3.49. The number of hydrogen-bond acceptors (Lipinski definition) is 4. The molecule has 0 saturated heterocycles. The number of rotatable bonds is 8. The van der Waals surface area contributed by atoms with Gasteiger partial charge in [-0.05, 0) is 42.0 Å². The Bertz CT molecular complexity index is 953. The zero-order chi connectivity index (χ0) is 20.7. The average Bonchev–Trinajstić information content (AvgIpc) is 2.67. The zero-order valence-electron chi connectivity index (χ0n) is 16.0. The summed E-state index contributed by atoms with van der Waals surface area (Å²) in [7, 11) is -1.98. The number of ether oxygens (including phenoxy) is 1. The highest BCUT2D eigenvalue weighted by atomic mass is 35.5. The van der Waals surface area contributed by atoms with Crippen LogP contribution in [0.1, 0.15) is 19.4 Å². The van der Waals surface area contributed by atoms with E-state index in [0.717, 1.165) is 0 Å². The number of carbonyl (C=O) groups is 1. The monoisotopic (exact) mass is 422 g/mol. The molecule has 2 rings (SSSR count). The number of nitrogens with one attached hydrogen (secondary N) is 1. The molecule has 0 aromatic heterocycles. The first-order valence-corrected chi connectivity index (χ1v) is 10.6. The second-order valence-corrected chi connectivity index (χ2v) is 8.18. The van der Waals surface area contributed by atoms with Gasteiger partial charge in [-0.2, -0.15) is 4.31 Å². The Morgan fingerprint density at radius 3 is 2.32 bits per heavy atom. The Kier molecular flexibility index (Phi) is 7.62. The molecular weight excluding hydrogens is 400 g/mol. The van der Waals surface area contributed by atoms with Crippen LogP contribution in [0, 0.1) is 0 Å². The van der Waals surface area contributed by atoms with Crippen LogP contribution in [0.15, 0.2) is 53.4 Å². The lowest BCUT2D eigenvalue weighted by Gasteiger charge is -2.18. The zero-order valence-corrected chi connectivity index (χ0v) is 17.5. The fourth-order valence-corrected chi connectivity index (χ4v) is 4.28. The summed E-state index contributed by atoms with van der Waals surface area (Å²) in [5.41, 5.74) is 1.25. The molecule has 0 aliphatic rings. The van der Waals surface area contributed by atoms with Crippen molar-refractivity contribution in [1.82, 2.24) is 4.31 Å². The molecule has 1 N–H and O–H groups in total. The summed E-state index contributed by atoms with van der Waals surface area (Å²) in [6, 6.07) is 11.3. The van der Waals surface area contributed by atoms with Crippen LogP contribution in [0.4, 0.5) is 5.69 Å². The van der Waals surface area contributed by atoms with E-state index in [1.165, 1.54) is 29.6 Å². The molecule has 2 aromatic rings. The van der Waals surface area contributed by atoms with Gasteiger partial charge in [0.1, 0.15) is 5.75 Å². The summed E-state index contributed by atoms with van der Waals surface area (Å²) in [6.07, 6.45) is 2.97. The lowest BCUT2D eigenvalue weighted by molar-refractivity contribution is -0.111. The Morgan fingerprint density at radius 1 is 1.14 bits per heavy atom. The fourth-order valence-electron chi connectivity index (χ4n) is 2.56. The summed E-state index contributed by atoms with van der Waals surface area (Å²) in [5, 5.41) is 3.10. The first-order valence-electron chi connectivity index (χ1n) is 8.74. The quantitative estimate of drug-likeness (QED) is 0.651. The van der Waals surface area contributed by atoms with Gasteiger partial charge in [0.2, 0.25) is 15.9 Å². The van der Waals surface area contributed by atoms with E-state index < -0.39 is 10.0 Å². The highest BCUT2D eigenvalue weighted by molar-refractivity contribution is 7.89. The molecule has 150 valence electrons. The maximum absolute atomic E-state index is 12.5. The van der Waals surface area contributed by atoms with E-state index in [1.54, 1.807) is 50.3 Å². The molecule has 0 unspecified atom stereocenters. The van der Waals surface area contributed by atoms with Crippen molar-refractivity contribution in [3.8, 4) is 5.75 Å². The number of halogens is 1. The highest BCUT2D eigenvalue weighted by Gasteiger charge is 2.20. The molecule has 1 amide bonds. The molecule has 0 saturated carbocycles. The number of nitrogens with zero attached hydrogens (tertiary/aromatic N) is 1. The van der Waals surface area contributed by atoms with Gasteiger partial charge >= 0.3 is 0 Å². The van der Waals surface area contributed by atoms with Crippen LogP contribution in [0.25, 0.3) is 6.08 Å². The van der Waals surface area contributed by atoms with Gasteiger partial charge < -0.3 is 10.1 Å². The van der Waals surface area contributed by atoms with Crippen LogP contribution in [0.5, 0.6) is 5.75 Å². The Hall–Kier alpha value is -2.35. The summed E-state index contributed by atoms with van der Waals surface area (Å²) in [5.74, 6) is 0.191. The molecule has 0 bridgehead atoms. The smallest absolute Gasteiger partial charge is 0.248 e. The molecule has 2 aromatic carbocycles. The number of benzene rings is 2. The molecule has 0 fully saturated rings. The molecule has 0 atom stereocenters. The molecule has 0 radical (unpaired) electrons. The van der Waals surface area contributed by atoms with Crippen LogP contribution in [-0.4, -0.2) is 38.8 Å². The summed E-state index contributed by atoms with van der Waals surface area (Å²) in [4.78, 5) is 12.3. The Balaban J connectivity index is 2.06. The predicted molar refractivity (Wildman–Crippen MR) is 112 cm³/mol. The van der Waals surface area contributed by atoms with Gasteiger partial charge in [0.05, 0.1) is 17.0 Å². The average molecular weight is 423 g/mol. The van der Waals surface area contributed by atoms with Gasteiger partial charge in [0, 0.05) is 24.9 Å². The van der Waals surface area contributed by atoms with E-state index in [9.17, 15) is 13.2 Å². The van der Waals surface area contributed by atoms with Crippen molar-refractivity contribution < 1.29 is 17.9 Å². The SMILES string of the molecule is CCN(CC)S(=O)(=O)c1ccc(/C=C/C(=O)Nc2ccc(OC)c(Cl)c2)cc1. The maximum atomic E-state index is 12.5. The number of carbonyl (C=O) groups excluding carboxylic acids is 1. The Morgan fingerprint density at radius 2 is 1.79 bits per heavy atom. The number of sulfonamides is 1. The molecule has 0 aliphatic carbocycles. The highest BCUT2D eigenvalue weighted by Crippen LogP contribution is 2.27. The summed E-state index contributed by atoms with van der Waals surface area (Å²) >= 11 is 6.03. The molecule has 0 aliphatic heterocycles. The van der Waals surface area contributed by atoms with Crippen molar-refractivity contribution >= 4 is 39.3 Å². The normalized spacial score (nSPS) is 11.8. The van der Waals surface area contributed by atoms with E-state index in [1.807, 2.05) is 0 Å². The lowest BCUT2D eigenvalue weighted by atomic mass is 10.2. The number of hydrogen-bond donors (Lipinski definition) is 1. The number of anilines is 1. The van der Waals surface area contributed by atoms with E-state index in [2.05, 4.69) is 5.32 Å². The molecular formula is C20H23ClN2O4S. The largest absolute Gasteiger partial charge is 0.495 e. The minimum Gasteiger partial charge on any atom is -0.495 e. The molecule has 8 heteroatoms. The Labute approximate surface area is 170 Å². The van der Waals surface area contributed by atoms with Crippen molar-refractivity contribution in [1.29, 1.82) is 0 Å². The van der Waals surface area contributed by atoms with Gasteiger partial charge in [-0.15, -0.1) is 0 Å². The first kappa shape index (κ1) is 21.9. The number of methoxy groups -OCH3 is 1. The standard InChI is InChI=1S/C20H23ClN2O4S/c1-4-23(5-2)28(25,26)17-10-6-15(7-11-17)8-13-20(24)22-16-9-12-19(27-3)18(21)14-16/h6-14H,4-5H2,1-3H3,(H,22,24)/b13-8+. The van der Waals surface area contributed by atoms with Crippen molar-refractivity contribution in [2.24, 2.45) is 0 Å². The molecule has 6 nitrogen and oxygen atoms in total. The molecule has 28 heavy (non-hydrogen) atoms. The van der Waals surface area contributed by atoms with Crippen LogP contribution in [-0.2, 0) is 14.8 Å². The third-order valence-corrected chi connectivity index (χ3v) is 6.43. The van der Waals surface area contributed by atoms with Gasteiger partial charge in [-0.3, -0.25) is 4.79 Å².